The number of aromatic nitrogens is 2. The van der Waals surface area contributed by atoms with Gasteiger partial charge in [-0.25, -0.2) is 4.98 Å². The van der Waals surface area contributed by atoms with Crippen LogP contribution in [0.5, 0.6) is 0 Å². The molecule has 110 valence electrons. The van der Waals surface area contributed by atoms with Crippen LogP contribution in [0.4, 0.5) is 0 Å². The number of aromatic amines is 1. The quantitative estimate of drug-likeness (QED) is 0.801. The standard InChI is InChI=1S/C16H20N4O/c21-15(12-8-16(12)3-5-17-6-4-16)18-9-11-1-2-13-14(7-11)20-10-19-13/h1-2,7,10,12,17H,3-6,8-9H2,(H,18,21)(H,19,20)/t12-/m1/s1. The van der Waals surface area contributed by atoms with E-state index in [1.54, 1.807) is 6.33 Å². The van der Waals surface area contributed by atoms with Gasteiger partial charge >= 0.3 is 0 Å². The van der Waals surface area contributed by atoms with Crippen LogP contribution < -0.4 is 10.6 Å². The van der Waals surface area contributed by atoms with Crippen molar-refractivity contribution in [3.8, 4) is 0 Å². The third-order valence-electron chi connectivity index (χ3n) is 5.06. The largest absolute Gasteiger partial charge is 0.352 e. The fourth-order valence-corrected chi connectivity index (χ4v) is 3.60. The van der Waals surface area contributed by atoms with Crippen molar-refractivity contribution < 1.29 is 4.79 Å². The van der Waals surface area contributed by atoms with E-state index in [4.69, 9.17) is 0 Å². The maximum absolute atomic E-state index is 12.3. The summed E-state index contributed by atoms with van der Waals surface area (Å²) in [7, 11) is 0. The zero-order valence-electron chi connectivity index (χ0n) is 12.0. The molecule has 2 aromatic rings. The third kappa shape index (κ3) is 2.31. The molecule has 1 saturated carbocycles. The molecule has 1 amide bonds. The van der Waals surface area contributed by atoms with Gasteiger partial charge in [-0.2, -0.15) is 0 Å². The molecule has 21 heavy (non-hydrogen) atoms. The fraction of sp³-hybridized carbons (Fsp3) is 0.500. The van der Waals surface area contributed by atoms with Crippen molar-refractivity contribution >= 4 is 16.9 Å². The van der Waals surface area contributed by atoms with Crippen LogP contribution in [0, 0.1) is 11.3 Å². The maximum Gasteiger partial charge on any atom is 0.223 e. The lowest BCUT2D eigenvalue weighted by molar-refractivity contribution is -0.123. The van der Waals surface area contributed by atoms with Crippen LogP contribution in [-0.2, 0) is 11.3 Å². The van der Waals surface area contributed by atoms with E-state index in [-0.39, 0.29) is 11.8 Å². The summed E-state index contributed by atoms with van der Waals surface area (Å²) in [6.07, 6.45) is 5.05. The first kappa shape index (κ1) is 12.8. The summed E-state index contributed by atoms with van der Waals surface area (Å²) in [6.45, 7) is 2.71. The highest BCUT2D eigenvalue weighted by atomic mass is 16.2. The smallest absolute Gasteiger partial charge is 0.223 e. The van der Waals surface area contributed by atoms with Gasteiger partial charge in [0.15, 0.2) is 0 Å². The molecule has 4 rings (SSSR count). The molecule has 0 unspecified atom stereocenters. The van der Waals surface area contributed by atoms with Crippen molar-refractivity contribution in [1.82, 2.24) is 20.6 Å². The number of imidazole rings is 1. The summed E-state index contributed by atoms with van der Waals surface area (Å²) < 4.78 is 0. The molecule has 1 spiro atoms. The zero-order valence-corrected chi connectivity index (χ0v) is 12.0. The van der Waals surface area contributed by atoms with Crippen LogP contribution in [0.2, 0.25) is 0 Å². The number of benzene rings is 1. The van der Waals surface area contributed by atoms with E-state index in [1.807, 2.05) is 12.1 Å². The van der Waals surface area contributed by atoms with Crippen molar-refractivity contribution in [1.29, 1.82) is 0 Å². The maximum atomic E-state index is 12.3. The minimum Gasteiger partial charge on any atom is -0.352 e. The highest BCUT2D eigenvalue weighted by molar-refractivity contribution is 5.82. The van der Waals surface area contributed by atoms with Crippen molar-refractivity contribution in [2.75, 3.05) is 13.1 Å². The first-order chi connectivity index (χ1) is 10.3. The van der Waals surface area contributed by atoms with Crippen molar-refractivity contribution in [2.24, 2.45) is 11.3 Å². The number of carbonyl (C=O) groups excluding carboxylic acids is 1. The molecule has 5 heteroatoms. The summed E-state index contributed by atoms with van der Waals surface area (Å²) in [4.78, 5) is 19.6. The van der Waals surface area contributed by atoms with E-state index in [0.717, 1.165) is 48.9 Å². The average Bonchev–Trinajstić information content (AvgIpc) is 2.99. The Labute approximate surface area is 123 Å². The molecule has 2 heterocycles. The number of hydrogen-bond donors (Lipinski definition) is 3. The molecule has 3 N–H and O–H groups in total. The number of H-pyrrole nitrogens is 1. The summed E-state index contributed by atoms with van der Waals surface area (Å²) in [5.74, 6) is 0.456. The Balaban J connectivity index is 1.37. The Bertz CT molecular complexity index is 672. The molecule has 1 aromatic heterocycles. The molecule has 0 bridgehead atoms. The second-order valence-corrected chi connectivity index (χ2v) is 6.34. The van der Waals surface area contributed by atoms with Gasteiger partial charge < -0.3 is 15.6 Å². The van der Waals surface area contributed by atoms with Gasteiger partial charge in [-0.15, -0.1) is 0 Å². The van der Waals surface area contributed by atoms with Crippen LogP contribution in [0.1, 0.15) is 24.8 Å². The van der Waals surface area contributed by atoms with Gasteiger partial charge in [0.1, 0.15) is 0 Å². The highest BCUT2D eigenvalue weighted by Gasteiger charge is 2.57. The van der Waals surface area contributed by atoms with Gasteiger partial charge in [0.25, 0.3) is 0 Å². The minimum absolute atomic E-state index is 0.224. The number of fused-ring (bicyclic) bond motifs is 1. The lowest BCUT2D eigenvalue weighted by atomic mass is 9.92. The molecule has 1 aliphatic heterocycles. The third-order valence-corrected chi connectivity index (χ3v) is 5.06. The zero-order chi connectivity index (χ0) is 14.3. The van der Waals surface area contributed by atoms with Crippen molar-refractivity contribution in [2.45, 2.75) is 25.8 Å². The van der Waals surface area contributed by atoms with Crippen molar-refractivity contribution in [3.05, 3.63) is 30.1 Å². The van der Waals surface area contributed by atoms with E-state index in [9.17, 15) is 4.79 Å². The summed E-state index contributed by atoms with van der Waals surface area (Å²) in [5, 5.41) is 6.47. The molecule has 1 aliphatic carbocycles. The first-order valence-electron chi connectivity index (χ1n) is 7.67. The van der Waals surface area contributed by atoms with Gasteiger partial charge in [-0.1, -0.05) is 6.07 Å². The molecule has 5 nitrogen and oxygen atoms in total. The number of hydrogen-bond acceptors (Lipinski definition) is 3. The molecular weight excluding hydrogens is 264 g/mol. The van der Waals surface area contributed by atoms with Crippen LogP contribution in [0.15, 0.2) is 24.5 Å². The van der Waals surface area contributed by atoms with E-state index in [2.05, 4.69) is 26.7 Å². The van der Waals surface area contributed by atoms with Gasteiger partial charge in [-0.3, -0.25) is 4.79 Å². The summed E-state index contributed by atoms with van der Waals surface area (Å²) in [5.41, 5.74) is 3.40. The number of carbonyl (C=O) groups is 1. The van der Waals surface area contributed by atoms with E-state index < -0.39 is 0 Å². The van der Waals surface area contributed by atoms with E-state index >= 15 is 0 Å². The van der Waals surface area contributed by atoms with Crippen LogP contribution in [0.3, 0.4) is 0 Å². The molecule has 1 atom stereocenters. The van der Waals surface area contributed by atoms with E-state index in [0.29, 0.717) is 12.0 Å². The van der Waals surface area contributed by atoms with Crippen LogP contribution >= 0.6 is 0 Å². The van der Waals surface area contributed by atoms with Crippen molar-refractivity contribution in [3.63, 3.8) is 0 Å². The van der Waals surface area contributed by atoms with Gasteiger partial charge in [0.05, 0.1) is 17.4 Å². The molecule has 1 aromatic carbocycles. The fourth-order valence-electron chi connectivity index (χ4n) is 3.60. The predicted octanol–water partition coefficient (Wildman–Crippen LogP) is 1.57. The minimum atomic E-state index is 0.224. The first-order valence-corrected chi connectivity index (χ1v) is 7.67. The topological polar surface area (TPSA) is 69.8 Å². The van der Waals surface area contributed by atoms with Gasteiger partial charge in [-0.05, 0) is 55.5 Å². The number of nitrogens with zero attached hydrogens (tertiary/aromatic N) is 1. The molecule has 2 fully saturated rings. The summed E-state index contributed by atoms with van der Waals surface area (Å²) in [6, 6.07) is 6.06. The Morgan fingerprint density at radius 1 is 1.38 bits per heavy atom. The van der Waals surface area contributed by atoms with Gasteiger partial charge in [0.2, 0.25) is 5.91 Å². The number of rotatable bonds is 3. The SMILES string of the molecule is O=C(NCc1ccc2nc[nH]c2c1)[C@H]1CC12CCNCC2. The second-order valence-electron chi connectivity index (χ2n) is 6.34. The second kappa shape index (κ2) is 4.84. The summed E-state index contributed by atoms with van der Waals surface area (Å²) >= 11 is 0. The Morgan fingerprint density at radius 2 is 2.24 bits per heavy atom. The lowest BCUT2D eigenvalue weighted by Gasteiger charge is -2.23. The van der Waals surface area contributed by atoms with Crippen LogP contribution in [0.25, 0.3) is 11.0 Å². The lowest BCUT2D eigenvalue weighted by Crippen LogP contribution is -2.33. The number of nitrogens with one attached hydrogen (secondary N) is 3. The molecule has 1 saturated heterocycles. The number of piperidine rings is 1. The highest BCUT2D eigenvalue weighted by Crippen LogP contribution is 2.58. The average molecular weight is 284 g/mol. The number of amides is 1. The van der Waals surface area contributed by atoms with E-state index in [1.165, 1.54) is 0 Å². The normalized spacial score (nSPS) is 23.3. The predicted molar refractivity (Wildman–Crippen MR) is 80.6 cm³/mol. The Morgan fingerprint density at radius 3 is 3.10 bits per heavy atom. The van der Waals surface area contributed by atoms with Gasteiger partial charge in [0, 0.05) is 12.5 Å². The van der Waals surface area contributed by atoms with Crippen LogP contribution in [-0.4, -0.2) is 29.0 Å². The Kier molecular flexibility index (Phi) is 2.96. The molecule has 2 aliphatic rings. The Hall–Kier alpha value is -1.88. The molecular formula is C16H20N4O. The monoisotopic (exact) mass is 284 g/mol. The molecule has 0 radical (unpaired) electrons.